The second-order valence-corrected chi connectivity index (χ2v) is 2.95. The summed E-state index contributed by atoms with van der Waals surface area (Å²) in [6.07, 6.45) is 4.10. The number of imidazole rings is 1. The number of hydrogen-bond acceptors (Lipinski definition) is 0. The lowest BCUT2D eigenvalue weighted by Gasteiger charge is -1.76. The summed E-state index contributed by atoms with van der Waals surface area (Å²) in [5.74, 6) is 0. The van der Waals surface area contributed by atoms with Crippen LogP contribution < -0.4 is 4.57 Å². The Bertz CT molecular complexity index is 173. The molecule has 0 amide bonds. The molecule has 1 rings (SSSR count). The van der Waals surface area contributed by atoms with E-state index >= 15 is 0 Å². The van der Waals surface area contributed by atoms with Crippen molar-refractivity contribution in [2.75, 3.05) is 0 Å². The van der Waals surface area contributed by atoms with Gasteiger partial charge in [-0.25, -0.2) is 9.13 Å². The SMILES string of the molecule is Cn1cc(I)[n+](C)c1. The average Bonchev–Trinajstić information content (AvgIpc) is 1.85. The Labute approximate surface area is 62.3 Å². The fourth-order valence-electron chi connectivity index (χ4n) is 0.621. The first-order chi connectivity index (χ1) is 3.70. The van der Waals surface area contributed by atoms with Crippen molar-refractivity contribution in [3.63, 3.8) is 0 Å². The zero-order valence-corrected chi connectivity index (χ0v) is 7.08. The average molecular weight is 223 g/mol. The Hall–Kier alpha value is -0.0600. The first-order valence-corrected chi connectivity index (χ1v) is 3.45. The molecule has 0 atom stereocenters. The molecule has 1 aromatic heterocycles. The van der Waals surface area contributed by atoms with Gasteiger partial charge in [-0.1, -0.05) is 0 Å². The predicted molar refractivity (Wildman–Crippen MR) is 39.3 cm³/mol. The van der Waals surface area contributed by atoms with E-state index in [1.54, 1.807) is 0 Å². The van der Waals surface area contributed by atoms with Gasteiger partial charge in [0.05, 0.1) is 14.1 Å². The molecule has 0 aliphatic carbocycles. The van der Waals surface area contributed by atoms with Crippen LogP contribution in [0.2, 0.25) is 0 Å². The second kappa shape index (κ2) is 2.05. The van der Waals surface area contributed by atoms with E-state index in [4.69, 9.17) is 0 Å². The van der Waals surface area contributed by atoms with Crippen LogP contribution in [0.3, 0.4) is 0 Å². The summed E-state index contributed by atoms with van der Waals surface area (Å²) >= 11 is 2.29. The molecule has 0 unspecified atom stereocenters. The third-order valence-electron chi connectivity index (χ3n) is 1.00. The largest absolute Gasteiger partial charge is 0.244 e. The highest BCUT2D eigenvalue weighted by atomic mass is 127. The van der Waals surface area contributed by atoms with Gasteiger partial charge in [-0.3, -0.25) is 0 Å². The highest BCUT2D eigenvalue weighted by Gasteiger charge is 2.00. The summed E-state index contributed by atoms with van der Waals surface area (Å²) in [5, 5.41) is 0. The maximum atomic E-state index is 2.29. The van der Waals surface area contributed by atoms with E-state index in [9.17, 15) is 0 Å². The van der Waals surface area contributed by atoms with Crippen LogP contribution in [0.5, 0.6) is 0 Å². The molecule has 44 valence electrons. The molecule has 0 fully saturated rings. The quantitative estimate of drug-likeness (QED) is 0.446. The van der Waals surface area contributed by atoms with Crippen molar-refractivity contribution in [2.24, 2.45) is 14.1 Å². The molecule has 0 aliphatic heterocycles. The van der Waals surface area contributed by atoms with Crippen LogP contribution >= 0.6 is 22.6 Å². The van der Waals surface area contributed by atoms with Gasteiger partial charge in [0.15, 0.2) is 0 Å². The summed E-state index contributed by atoms with van der Waals surface area (Å²) in [7, 11) is 4.05. The van der Waals surface area contributed by atoms with Gasteiger partial charge >= 0.3 is 0 Å². The number of nitrogens with zero attached hydrogens (tertiary/aromatic N) is 2. The van der Waals surface area contributed by atoms with Crippen molar-refractivity contribution in [3.8, 4) is 0 Å². The first kappa shape index (κ1) is 6.07. The third-order valence-corrected chi connectivity index (χ3v) is 2.04. The fraction of sp³-hybridized carbons (Fsp3) is 0.400. The summed E-state index contributed by atoms with van der Waals surface area (Å²) in [5.41, 5.74) is 0. The van der Waals surface area contributed by atoms with Crippen molar-refractivity contribution in [1.82, 2.24) is 4.57 Å². The molecule has 1 aromatic rings. The van der Waals surface area contributed by atoms with E-state index < -0.39 is 0 Å². The second-order valence-electron chi connectivity index (χ2n) is 1.84. The van der Waals surface area contributed by atoms with E-state index in [2.05, 4.69) is 33.4 Å². The van der Waals surface area contributed by atoms with Crippen LogP contribution in [0, 0.1) is 3.70 Å². The van der Waals surface area contributed by atoms with E-state index in [-0.39, 0.29) is 0 Å². The van der Waals surface area contributed by atoms with E-state index in [0.717, 1.165) is 0 Å². The Morgan fingerprint density at radius 2 is 2.38 bits per heavy atom. The van der Waals surface area contributed by atoms with Crippen LogP contribution in [-0.2, 0) is 14.1 Å². The Kier molecular flexibility index (Phi) is 1.55. The lowest BCUT2D eigenvalue weighted by molar-refractivity contribution is -0.683. The number of hydrogen-bond donors (Lipinski definition) is 0. The lowest BCUT2D eigenvalue weighted by Crippen LogP contribution is -2.28. The van der Waals surface area contributed by atoms with Gasteiger partial charge in [0.2, 0.25) is 10.0 Å². The molecule has 0 aliphatic rings. The highest BCUT2D eigenvalue weighted by molar-refractivity contribution is 14.1. The van der Waals surface area contributed by atoms with Crippen molar-refractivity contribution in [2.45, 2.75) is 0 Å². The fourth-order valence-corrected chi connectivity index (χ4v) is 1.18. The van der Waals surface area contributed by atoms with Gasteiger partial charge in [0.25, 0.3) is 0 Å². The molecule has 1 heterocycles. The number of aryl methyl sites for hydroxylation is 2. The normalized spacial score (nSPS) is 9.88. The number of aromatic nitrogens is 2. The first-order valence-electron chi connectivity index (χ1n) is 2.37. The minimum absolute atomic E-state index is 1.25. The number of halogens is 1. The van der Waals surface area contributed by atoms with Crippen molar-refractivity contribution >= 4 is 22.6 Å². The van der Waals surface area contributed by atoms with Crippen LogP contribution in [0.1, 0.15) is 0 Å². The van der Waals surface area contributed by atoms with Crippen LogP contribution in [0.15, 0.2) is 12.5 Å². The molecule has 0 bridgehead atoms. The zero-order chi connectivity index (χ0) is 6.15. The summed E-state index contributed by atoms with van der Waals surface area (Å²) in [6.45, 7) is 0. The van der Waals surface area contributed by atoms with E-state index in [1.807, 2.05) is 25.0 Å². The minimum Gasteiger partial charge on any atom is -0.238 e. The molecule has 0 aromatic carbocycles. The molecule has 3 heteroatoms. The van der Waals surface area contributed by atoms with Gasteiger partial charge in [0, 0.05) is 22.6 Å². The van der Waals surface area contributed by atoms with Gasteiger partial charge in [-0.05, 0) is 0 Å². The van der Waals surface area contributed by atoms with Crippen molar-refractivity contribution in [1.29, 1.82) is 0 Å². The minimum atomic E-state index is 1.25. The van der Waals surface area contributed by atoms with Crippen LogP contribution in [-0.4, -0.2) is 4.57 Å². The molecule has 0 radical (unpaired) electrons. The standard InChI is InChI=1S/C5H8IN2/c1-7-3-5(6)8(2)4-7/h3-4H,1-2H3/q+1. The molecule has 8 heavy (non-hydrogen) atoms. The van der Waals surface area contributed by atoms with Gasteiger partial charge < -0.3 is 0 Å². The summed E-state index contributed by atoms with van der Waals surface area (Å²) in [6, 6.07) is 0. The van der Waals surface area contributed by atoms with Crippen LogP contribution in [0.4, 0.5) is 0 Å². The topological polar surface area (TPSA) is 8.81 Å². The maximum Gasteiger partial charge on any atom is 0.244 e. The smallest absolute Gasteiger partial charge is 0.238 e. The Balaban J connectivity index is 3.14. The van der Waals surface area contributed by atoms with Gasteiger partial charge in [-0.2, -0.15) is 0 Å². The molecule has 0 N–H and O–H groups in total. The molecule has 0 spiro atoms. The predicted octanol–water partition coefficient (Wildman–Crippen LogP) is 0.454. The Morgan fingerprint density at radius 3 is 2.50 bits per heavy atom. The molecule has 0 saturated carbocycles. The van der Waals surface area contributed by atoms with E-state index in [1.165, 1.54) is 3.70 Å². The highest BCUT2D eigenvalue weighted by Crippen LogP contribution is 1.93. The van der Waals surface area contributed by atoms with Crippen LogP contribution in [0.25, 0.3) is 0 Å². The third kappa shape index (κ3) is 1.02. The Morgan fingerprint density at radius 1 is 1.75 bits per heavy atom. The van der Waals surface area contributed by atoms with Gasteiger partial charge in [-0.15, -0.1) is 0 Å². The summed E-state index contributed by atoms with van der Waals surface area (Å²) in [4.78, 5) is 0. The maximum absolute atomic E-state index is 2.29. The van der Waals surface area contributed by atoms with Gasteiger partial charge in [0.1, 0.15) is 6.20 Å². The summed E-state index contributed by atoms with van der Waals surface area (Å²) < 4.78 is 5.35. The molecular formula is C5H8IN2+. The van der Waals surface area contributed by atoms with E-state index in [0.29, 0.717) is 0 Å². The molecular weight excluding hydrogens is 215 g/mol. The van der Waals surface area contributed by atoms with Crippen molar-refractivity contribution in [3.05, 3.63) is 16.2 Å². The number of rotatable bonds is 0. The monoisotopic (exact) mass is 223 g/mol. The lowest BCUT2D eigenvalue weighted by atomic mass is 10.9. The molecule has 0 saturated heterocycles. The zero-order valence-electron chi connectivity index (χ0n) is 4.93. The molecule has 2 nitrogen and oxygen atoms in total. The van der Waals surface area contributed by atoms with Crippen molar-refractivity contribution < 1.29 is 4.57 Å².